The van der Waals surface area contributed by atoms with Crippen molar-refractivity contribution in [2.24, 2.45) is 0 Å². The maximum atomic E-state index is 12.2. The molecule has 4 nitrogen and oxygen atoms in total. The molecule has 0 spiro atoms. The first kappa shape index (κ1) is 15.8. The Balaban J connectivity index is 1.92. The van der Waals surface area contributed by atoms with Crippen LogP contribution >= 0.6 is 22.9 Å². The number of rotatable bonds is 3. The van der Waals surface area contributed by atoms with E-state index in [1.165, 1.54) is 11.3 Å². The lowest BCUT2D eigenvalue weighted by Gasteiger charge is -2.08. The third kappa shape index (κ3) is 3.16. The van der Waals surface area contributed by atoms with E-state index in [9.17, 15) is 9.59 Å². The molecule has 0 aliphatic carbocycles. The van der Waals surface area contributed by atoms with Crippen LogP contribution in [0.25, 0.3) is 10.2 Å². The van der Waals surface area contributed by atoms with Crippen LogP contribution < -0.4 is 10.2 Å². The second kappa shape index (κ2) is 6.18. The van der Waals surface area contributed by atoms with Crippen LogP contribution in [0.1, 0.15) is 30.2 Å². The number of amides is 1. The molecule has 0 radical (unpaired) electrons. The third-order valence-corrected chi connectivity index (χ3v) is 4.63. The van der Waals surface area contributed by atoms with Crippen molar-refractivity contribution in [1.29, 1.82) is 0 Å². The number of nitrogens with zero attached hydrogens (tertiary/aromatic N) is 1. The highest BCUT2D eigenvalue weighted by Crippen LogP contribution is 2.24. The number of fused-ring (bicyclic) bond motifs is 1. The van der Waals surface area contributed by atoms with Crippen LogP contribution in [0.3, 0.4) is 0 Å². The summed E-state index contributed by atoms with van der Waals surface area (Å²) in [6.07, 6.45) is 0. The highest BCUT2D eigenvalue weighted by Gasteiger charge is 2.12. The lowest BCUT2D eigenvalue weighted by molar-refractivity contribution is 0.102. The molecule has 0 aliphatic rings. The van der Waals surface area contributed by atoms with E-state index in [0.717, 1.165) is 10.2 Å². The first-order valence-corrected chi connectivity index (χ1v) is 8.37. The topological polar surface area (TPSA) is 51.1 Å². The van der Waals surface area contributed by atoms with E-state index in [1.54, 1.807) is 34.9 Å². The molecular formula is C17H15ClN2O2S. The average molecular weight is 347 g/mol. The van der Waals surface area contributed by atoms with Gasteiger partial charge in [-0.05, 0) is 50.2 Å². The van der Waals surface area contributed by atoms with Crippen LogP contribution in [-0.2, 0) is 0 Å². The van der Waals surface area contributed by atoms with Gasteiger partial charge in [-0.1, -0.05) is 29.0 Å². The highest BCUT2D eigenvalue weighted by molar-refractivity contribution is 7.16. The molecule has 3 aromatic rings. The van der Waals surface area contributed by atoms with Crippen molar-refractivity contribution in [2.45, 2.75) is 19.9 Å². The summed E-state index contributed by atoms with van der Waals surface area (Å²) < 4.78 is 2.61. The SMILES string of the molecule is CC(C)n1c(=O)sc2cc(NC(=O)c3cccc(Cl)c3)ccc21. The molecule has 1 N–H and O–H groups in total. The zero-order chi connectivity index (χ0) is 16.6. The summed E-state index contributed by atoms with van der Waals surface area (Å²) in [6.45, 7) is 3.95. The standard InChI is InChI=1S/C17H15ClN2O2S/c1-10(2)20-14-7-6-13(9-15(14)23-17(20)22)19-16(21)11-4-3-5-12(18)8-11/h3-10H,1-2H3,(H,19,21). The quantitative estimate of drug-likeness (QED) is 0.756. The van der Waals surface area contributed by atoms with Crippen molar-refractivity contribution >= 4 is 44.7 Å². The van der Waals surface area contributed by atoms with E-state index in [-0.39, 0.29) is 16.8 Å². The van der Waals surface area contributed by atoms with Crippen molar-refractivity contribution in [3.05, 3.63) is 62.7 Å². The fourth-order valence-corrected chi connectivity index (χ4v) is 3.68. The number of benzene rings is 2. The summed E-state index contributed by atoms with van der Waals surface area (Å²) in [5, 5.41) is 3.35. The summed E-state index contributed by atoms with van der Waals surface area (Å²) in [5.41, 5.74) is 2.03. The lowest BCUT2D eigenvalue weighted by Crippen LogP contribution is -2.14. The van der Waals surface area contributed by atoms with Crippen molar-refractivity contribution in [3.63, 3.8) is 0 Å². The van der Waals surface area contributed by atoms with E-state index in [2.05, 4.69) is 5.32 Å². The molecule has 1 heterocycles. The molecule has 0 fully saturated rings. The van der Waals surface area contributed by atoms with Gasteiger partial charge < -0.3 is 5.32 Å². The number of hydrogen-bond donors (Lipinski definition) is 1. The van der Waals surface area contributed by atoms with Crippen LogP contribution in [0, 0.1) is 0 Å². The van der Waals surface area contributed by atoms with Gasteiger partial charge in [0.25, 0.3) is 5.91 Å². The summed E-state index contributed by atoms with van der Waals surface area (Å²) >= 11 is 7.09. The molecule has 0 bridgehead atoms. The molecule has 0 atom stereocenters. The Morgan fingerprint density at radius 2 is 2.00 bits per heavy atom. The van der Waals surface area contributed by atoms with Crippen molar-refractivity contribution in [1.82, 2.24) is 4.57 Å². The monoisotopic (exact) mass is 346 g/mol. The largest absolute Gasteiger partial charge is 0.322 e. The first-order chi connectivity index (χ1) is 11.0. The van der Waals surface area contributed by atoms with Gasteiger partial charge in [-0.2, -0.15) is 0 Å². The second-order valence-electron chi connectivity index (χ2n) is 5.48. The zero-order valence-corrected chi connectivity index (χ0v) is 14.2. The van der Waals surface area contributed by atoms with Gasteiger partial charge in [0.05, 0.1) is 10.2 Å². The van der Waals surface area contributed by atoms with Gasteiger partial charge >= 0.3 is 4.87 Å². The van der Waals surface area contributed by atoms with Gasteiger partial charge in [0.2, 0.25) is 0 Å². The minimum atomic E-state index is -0.234. The molecule has 1 amide bonds. The Bertz CT molecular complexity index is 943. The lowest BCUT2D eigenvalue weighted by atomic mass is 10.2. The zero-order valence-electron chi connectivity index (χ0n) is 12.7. The summed E-state index contributed by atoms with van der Waals surface area (Å²) in [5.74, 6) is -0.234. The van der Waals surface area contributed by atoms with Crippen molar-refractivity contribution < 1.29 is 4.79 Å². The number of carbonyl (C=O) groups excluding carboxylic acids is 1. The molecule has 0 saturated heterocycles. The van der Waals surface area contributed by atoms with E-state index < -0.39 is 0 Å². The number of halogens is 1. The Hall–Kier alpha value is -2.11. The minimum Gasteiger partial charge on any atom is -0.322 e. The molecule has 3 rings (SSSR count). The molecule has 0 unspecified atom stereocenters. The smallest absolute Gasteiger partial charge is 0.308 e. The number of carbonyl (C=O) groups is 1. The van der Waals surface area contributed by atoms with Crippen LogP contribution in [-0.4, -0.2) is 10.5 Å². The third-order valence-electron chi connectivity index (χ3n) is 3.47. The molecule has 0 saturated carbocycles. The van der Waals surface area contributed by atoms with Gasteiger partial charge in [0, 0.05) is 22.3 Å². The predicted molar refractivity (Wildman–Crippen MR) is 95.9 cm³/mol. The van der Waals surface area contributed by atoms with Crippen LogP contribution in [0.5, 0.6) is 0 Å². The van der Waals surface area contributed by atoms with Gasteiger partial charge in [0.1, 0.15) is 0 Å². The summed E-state index contributed by atoms with van der Waals surface area (Å²) in [6, 6.07) is 12.4. The predicted octanol–water partition coefficient (Wildman–Crippen LogP) is 4.55. The number of aromatic nitrogens is 1. The molecule has 6 heteroatoms. The molecule has 23 heavy (non-hydrogen) atoms. The maximum absolute atomic E-state index is 12.2. The fourth-order valence-electron chi connectivity index (χ4n) is 2.44. The van der Waals surface area contributed by atoms with E-state index in [0.29, 0.717) is 16.3 Å². The molecule has 1 aromatic heterocycles. The Morgan fingerprint density at radius 3 is 2.70 bits per heavy atom. The molecule has 118 valence electrons. The number of anilines is 1. The van der Waals surface area contributed by atoms with E-state index in [4.69, 9.17) is 11.6 Å². The first-order valence-electron chi connectivity index (χ1n) is 7.17. The second-order valence-corrected chi connectivity index (χ2v) is 6.91. The van der Waals surface area contributed by atoms with Gasteiger partial charge in [-0.3, -0.25) is 14.2 Å². The average Bonchev–Trinajstić information content (AvgIpc) is 2.82. The number of hydrogen-bond acceptors (Lipinski definition) is 3. The highest BCUT2D eigenvalue weighted by atomic mass is 35.5. The fraction of sp³-hybridized carbons (Fsp3) is 0.176. The van der Waals surface area contributed by atoms with Gasteiger partial charge in [-0.25, -0.2) is 0 Å². The minimum absolute atomic E-state index is 0.00770. The molecular weight excluding hydrogens is 332 g/mol. The number of thiazole rings is 1. The summed E-state index contributed by atoms with van der Waals surface area (Å²) in [7, 11) is 0. The molecule has 0 aliphatic heterocycles. The molecule has 2 aromatic carbocycles. The number of nitrogens with one attached hydrogen (secondary N) is 1. The summed E-state index contributed by atoms with van der Waals surface area (Å²) in [4.78, 5) is 24.3. The van der Waals surface area contributed by atoms with Crippen LogP contribution in [0.15, 0.2) is 47.3 Å². The van der Waals surface area contributed by atoms with Gasteiger partial charge in [0.15, 0.2) is 0 Å². The Morgan fingerprint density at radius 1 is 1.22 bits per heavy atom. The van der Waals surface area contributed by atoms with Crippen molar-refractivity contribution in [3.8, 4) is 0 Å². The Kier molecular flexibility index (Phi) is 4.24. The normalized spacial score (nSPS) is 11.1. The van der Waals surface area contributed by atoms with E-state index in [1.807, 2.05) is 26.0 Å². The van der Waals surface area contributed by atoms with Crippen LogP contribution in [0.2, 0.25) is 5.02 Å². The van der Waals surface area contributed by atoms with E-state index >= 15 is 0 Å². The van der Waals surface area contributed by atoms with Gasteiger partial charge in [-0.15, -0.1) is 0 Å². The Labute approximate surface area is 142 Å². The van der Waals surface area contributed by atoms with Crippen molar-refractivity contribution in [2.75, 3.05) is 5.32 Å². The van der Waals surface area contributed by atoms with Crippen LogP contribution in [0.4, 0.5) is 5.69 Å². The maximum Gasteiger partial charge on any atom is 0.308 e.